The lowest BCUT2D eigenvalue weighted by Gasteiger charge is -2.19. The van der Waals surface area contributed by atoms with E-state index in [4.69, 9.17) is 14.6 Å². The Labute approximate surface area is 248 Å². The van der Waals surface area contributed by atoms with E-state index < -0.39 is 12.6 Å². The first kappa shape index (κ1) is 30.3. The molecule has 5 heteroatoms. The van der Waals surface area contributed by atoms with Crippen LogP contribution in [0.1, 0.15) is 59.7 Å². The number of carboxylic acid groups (broad SMARTS) is 1. The number of rotatable bonds is 10. The van der Waals surface area contributed by atoms with Crippen molar-refractivity contribution in [3.8, 4) is 17.6 Å². The topological polar surface area (TPSA) is 76.0 Å². The van der Waals surface area contributed by atoms with E-state index in [1.807, 2.05) is 48.5 Å². The molecule has 0 saturated heterocycles. The molecule has 0 radical (unpaired) electrons. The Bertz CT molecular complexity index is 1560. The fourth-order valence-corrected chi connectivity index (χ4v) is 4.34. The minimum Gasteiger partial charge on any atom is -0.482 e. The zero-order valence-corrected chi connectivity index (χ0v) is 24.3. The van der Waals surface area contributed by atoms with Crippen molar-refractivity contribution in [1.82, 2.24) is 0 Å². The third kappa shape index (κ3) is 8.68. The van der Waals surface area contributed by atoms with E-state index in [0.29, 0.717) is 12.4 Å². The number of aliphatic carboxylic acids is 1. The molecule has 0 bridgehead atoms. The van der Waals surface area contributed by atoms with Gasteiger partial charge in [0, 0.05) is 16.7 Å². The molecule has 0 aliphatic carbocycles. The van der Waals surface area contributed by atoms with Gasteiger partial charge in [0.05, 0.1) is 19.8 Å². The van der Waals surface area contributed by atoms with Gasteiger partial charge in [0.15, 0.2) is 6.61 Å². The largest absolute Gasteiger partial charge is 0.482 e. The van der Waals surface area contributed by atoms with Crippen molar-refractivity contribution in [3.05, 3.63) is 142 Å². The van der Waals surface area contributed by atoms with Gasteiger partial charge in [-0.15, -0.1) is 0 Å². The van der Waals surface area contributed by atoms with Gasteiger partial charge in [0.1, 0.15) is 5.75 Å². The number of hydrogen-bond donors (Lipinski definition) is 2. The van der Waals surface area contributed by atoms with Crippen LogP contribution in [0.25, 0.3) is 5.57 Å². The molecule has 2 N–H and O–H groups in total. The van der Waals surface area contributed by atoms with E-state index in [1.165, 1.54) is 5.56 Å². The molecule has 0 aliphatic rings. The van der Waals surface area contributed by atoms with E-state index in [2.05, 4.69) is 75.1 Å². The highest BCUT2D eigenvalue weighted by Crippen LogP contribution is 2.28. The molecule has 42 heavy (non-hydrogen) atoms. The second kappa shape index (κ2) is 14.3. The highest BCUT2D eigenvalue weighted by Gasteiger charge is 2.14. The van der Waals surface area contributed by atoms with Crippen LogP contribution in [0.15, 0.2) is 103 Å². The number of ether oxygens (including phenoxy) is 2. The van der Waals surface area contributed by atoms with Gasteiger partial charge in [-0.3, -0.25) is 0 Å². The van der Waals surface area contributed by atoms with Crippen molar-refractivity contribution in [3.63, 3.8) is 0 Å². The molecule has 214 valence electrons. The van der Waals surface area contributed by atoms with Crippen molar-refractivity contribution >= 4 is 11.5 Å². The molecule has 0 heterocycles. The van der Waals surface area contributed by atoms with Crippen LogP contribution in [-0.2, 0) is 28.2 Å². The van der Waals surface area contributed by atoms with Crippen LogP contribution in [0.4, 0.5) is 0 Å². The molecule has 0 amide bonds. The monoisotopic (exact) mass is 560 g/mol. The summed E-state index contributed by atoms with van der Waals surface area (Å²) < 4.78 is 11.4. The summed E-state index contributed by atoms with van der Waals surface area (Å²) in [5, 5.41) is 18.2. The maximum Gasteiger partial charge on any atom is 0.341 e. The first-order valence-electron chi connectivity index (χ1n) is 13.9. The number of benzene rings is 4. The Morgan fingerprint density at radius 1 is 0.810 bits per heavy atom. The van der Waals surface area contributed by atoms with Crippen molar-refractivity contribution in [2.75, 3.05) is 13.2 Å². The lowest BCUT2D eigenvalue weighted by Crippen LogP contribution is -2.11. The minimum absolute atomic E-state index is 0.0174. The quantitative estimate of drug-likeness (QED) is 0.162. The SMILES string of the molecule is CC(C)(C)c1ccc(/C(=C/COCc2ccccc2OCC(=O)O)c2ccc(C#Cc3ccc(CO)cc3)cc2)cc1. The summed E-state index contributed by atoms with van der Waals surface area (Å²) in [5.74, 6) is 5.88. The second-order valence-electron chi connectivity index (χ2n) is 10.9. The Morgan fingerprint density at radius 2 is 1.38 bits per heavy atom. The Morgan fingerprint density at radius 3 is 1.95 bits per heavy atom. The molecule has 0 spiro atoms. The zero-order valence-electron chi connectivity index (χ0n) is 24.3. The van der Waals surface area contributed by atoms with Gasteiger partial charge in [0.2, 0.25) is 0 Å². The van der Waals surface area contributed by atoms with E-state index in [1.54, 1.807) is 12.1 Å². The number of para-hydroxylation sites is 1. The van der Waals surface area contributed by atoms with Gasteiger partial charge in [-0.25, -0.2) is 4.79 Å². The van der Waals surface area contributed by atoms with Crippen LogP contribution < -0.4 is 4.74 Å². The molecule has 0 unspecified atom stereocenters. The predicted molar refractivity (Wildman–Crippen MR) is 166 cm³/mol. The standard InChI is InChI=1S/C37H36O5/c1-37(2,3)33-20-18-31(19-21-33)34(22-23-41-25-32-6-4-5-7-35(32)42-26-36(39)40)30-16-14-28(15-17-30)9-8-27-10-12-29(24-38)13-11-27/h4-7,10-22,38H,23-26H2,1-3H3,(H,39,40)/b34-22+. The molecule has 0 atom stereocenters. The van der Waals surface area contributed by atoms with Crippen molar-refractivity contribution in [2.45, 2.75) is 39.4 Å². The van der Waals surface area contributed by atoms with Crippen LogP contribution >= 0.6 is 0 Å². The molecule has 4 aromatic rings. The molecule has 4 aromatic carbocycles. The number of aliphatic hydroxyl groups is 1. The fraction of sp³-hybridized carbons (Fsp3) is 0.216. The molecule has 0 fully saturated rings. The van der Waals surface area contributed by atoms with E-state index >= 15 is 0 Å². The smallest absolute Gasteiger partial charge is 0.341 e. The van der Waals surface area contributed by atoms with Crippen molar-refractivity contribution < 1.29 is 24.5 Å². The lowest BCUT2D eigenvalue weighted by atomic mass is 9.85. The average Bonchev–Trinajstić information content (AvgIpc) is 3.00. The summed E-state index contributed by atoms with van der Waals surface area (Å²) in [6.07, 6.45) is 2.07. The third-order valence-electron chi connectivity index (χ3n) is 6.73. The maximum atomic E-state index is 10.9. The number of aliphatic hydroxyl groups excluding tert-OH is 1. The van der Waals surface area contributed by atoms with Gasteiger partial charge in [-0.2, -0.15) is 0 Å². The molecule has 0 aromatic heterocycles. The highest BCUT2D eigenvalue weighted by atomic mass is 16.5. The molecular weight excluding hydrogens is 524 g/mol. The summed E-state index contributed by atoms with van der Waals surface area (Å²) >= 11 is 0. The first-order valence-corrected chi connectivity index (χ1v) is 13.9. The third-order valence-corrected chi connectivity index (χ3v) is 6.73. The van der Waals surface area contributed by atoms with Crippen molar-refractivity contribution in [1.29, 1.82) is 0 Å². The van der Waals surface area contributed by atoms with E-state index in [9.17, 15) is 9.90 Å². The van der Waals surface area contributed by atoms with Gasteiger partial charge in [-0.1, -0.05) is 105 Å². The molecular formula is C37H36O5. The molecule has 4 rings (SSSR count). The number of carboxylic acids is 1. The minimum atomic E-state index is -1.02. The van der Waals surface area contributed by atoms with Gasteiger partial charge in [-0.05, 0) is 63.6 Å². The first-order chi connectivity index (χ1) is 20.2. The Kier molecular flexibility index (Phi) is 10.3. The van der Waals surface area contributed by atoms with Gasteiger partial charge >= 0.3 is 5.97 Å². The average molecular weight is 561 g/mol. The molecule has 0 saturated carbocycles. The van der Waals surface area contributed by atoms with Crippen molar-refractivity contribution in [2.24, 2.45) is 0 Å². The van der Waals surface area contributed by atoms with E-state index in [-0.39, 0.29) is 18.6 Å². The van der Waals surface area contributed by atoms with Crippen LogP contribution in [0.5, 0.6) is 5.75 Å². The Hall–Kier alpha value is -4.63. The van der Waals surface area contributed by atoms with Crippen LogP contribution in [-0.4, -0.2) is 29.4 Å². The van der Waals surface area contributed by atoms with Gasteiger partial charge < -0.3 is 19.7 Å². The second-order valence-corrected chi connectivity index (χ2v) is 10.9. The molecule has 5 nitrogen and oxygen atoms in total. The maximum absolute atomic E-state index is 10.9. The number of carbonyl (C=O) groups is 1. The summed E-state index contributed by atoms with van der Waals surface area (Å²) in [6.45, 7) is 6.86. The number of hydrogen-bond acceptors (Lipinski definition) is 4. The normalized spacial score (nSPS) is 11.5. The van der Waals surface area contributed by atoms with Crippen LogP contribution in [0.2, 0.25) is 0 Å². The summed E-state index contributed by atoms with van der Waals surface area (Å²) in [7, 11) is 0. The summed E-state index contributed by atoms with van der Waals surface area (Å²) in [5.41, 5.74) is 7.94. The Balaban J connectivity index is 1.54. The highest BCUT2D eigenvalue weighted by molar-refractivity contribution is 5.80. The summed E-state index contributed by atoms with van der Waals surface area (Å²) in [4.78, 5) is 10.9. The van der Waals surface area contributed by atoms with Gasteiger partial charge in [0.25, 0.3) is 0 Å². The zero-order chi connectivity index (χ0) is 30.0. The fourth-order valence-electron chi connectivity index (χ4n) is 4.34. The molecule has 0 aliphatic heterocycles. The predicted octanol–water partition coefficient (Wildman–Crippen LogP) is 6.99. The van der Waals surface area contributed by atoms with Crippen LogP contribution in [0.3, 0.4) is 0 Å². The summed E-state index contributed by atoms with van der Waals surface area (Å²) in [6, 6.07) is 31.6. The van der Waals surface area contributed by atoms with Crippen LogP contribution in [0, 0.1) is 11.8 Å². The van der Waals surface area contributed by atoms with E-state index in [0.717, 1.165) is 39.0 Å². The lowest BCUT2D eigenvalue weighted by molar-refractivity contribution is -0.139.